The van der Waals surface area contributed by atoms with E-state index in [0.717, 1.165) is 12.8 Å². The van der Waals surface area contributed by atoms with Gasteiger partial charge in [-0.3, -0.25) is 9.69 Å². The molecule has 1 fully saturated rings. The highest BCUT2D eigenvalue weighted by Gasteiger charge is 2.34. The van der Waals surface area contributed by atoms with Crippen LogP contribution in [0.15, 0.2) is 18.2 Å². The lowest BCUT2D eigenvalue weighted by Crippen LogP contribution is -2.34. The van der Waals surface area contributed by atoms with Crippen molar-refractivity contribution in [3.05, 3.63) is 34.9 Å². The molecule has 1 saturated carbocycles. The van der Waals surface area contributed by atoms with Gasteiger partial charge in [0, 0.05) is 12.1 Å². The smallest absolute Gasteiger partial charge is 0.317 e. The van der Waals surface area contributed by atoms with Gasteiger partial charge in [-0.15, -0.1) is 0 Å². The van der Waals surface area contributed by atoms with Crippen LogP contribution in [-0.4, -0.2) is 28.6 Å². The average molecular weight is 247 g/mol. The Labute approximate surface area is 108 Å². The van der Waals surface area contributed by atoms with Crippen molar-refractivity contribution in [3.8, 4) is 0 Å². The summed E-state index contributed by atoms with van der Waals surface area (Å²) >= 11 is 0. The molecule has 0 saturated heterocycles. The summed E-state index contributed by atoms with van der Waals surface area (Å²) in [5.41, 5.74) is 3.72. The SMILES string of the molecule is Cc1ccc(C)c(C(C)N(CC(=O)O)C2CC2)c1. The number of nitrogens with zero attached hydrogens (tertiary/aromatic N) is 1. The lowest BCUT2D eigenvalue weighted by Gasteiger charge is -2.29. The number of carboxylic acids is 1. The van der Waals surface area contributed by atoms with E-state index < -0.39 is 5.97 Å². The Bertz CT molecular complexity index is 452. The van der Waals surface area contributed by atoms with Crippen molar-refractivity contribution < 1.29 is 9.90 Å². The van der Waals surface area contributed by atoms with Crippen molar-refractivity contribution in [1.82, 2.24) is 4.90 Å². The molecule has 1 aromatic rings. The largest absolute Gasteiger partial charge is 0.480 e. The van der Waals surface area contributed by atoms with Crippen LogP contribution < -0.4 is 0 Å². The highest BCUT2D eigenvalue weighted by Crippen LogP contribution is 2.35. The molecular weight excluding hydrogens is 226 g/mol. The van der Waals surface area contributed by atoms with Crippen molar-refractivity contribution in [1.29, 1.82) is 0 Å². The van der Waals surface area contributed by atoms with E-state index in [0.29, 0.717) is 6.04 Å². The zero-order chi connectivity index (χ0) is 13.3. The molecule has 0 bridgehead atoms. The van der Waals surface area contributed by atoms with E-state index in [1.54, 1.807) is 0 Å². The van der Waals surface area contributed by atoms with E-state index in [9.17, 15) is 4.79 Å². The van der Waals surface area contributed by atoms with Crippen LogP contribution in [0.4, 0.5) is 0 Å². The topological polar surface area (TPSA) is 40.5 Å². The molecule has 0 aliphatic heterocycles. The van der Waals surface area contributed by atoms with Gasteiger partial charge in [0.2, 0.25) is 0 Å². The fourth-order valence-electron chi connectivity index (χ4n) is 2.53. The van der Waals surface area contributed by atoms with Crippen LogP contribution in [0.1, 0.15) is 42.5 Å². The molecule has 0 radical (unpaired) electrons. The van der Waals surface area contributed by atoms with Gasteiger partial charge in [-0.2, -0.15) is 0 Å². The summed E-state index contributed by atoms with van der Waals surface area (Å²) in [6.07, 6.45) is 2.25. The van der Waals surface area contributed by atoms with Crippen LogP contribution in [0.5, 0.6) is 0 Å². The molecular formula is C15H21NO2. The fourth-order valence-corrected chi connectivity index (χ4v) is 2.53. The van der Waals surface area contributed by atoms with E-state index >= 15 is 0 Å². The highest BCUT2D eigenvalue weighted by molar-refractivity contribution is 5.69. The molecule has 0 aromatic heterocycles. The van der Waals surface area contributed by atoms with Gasteiger partial charge in [-0.25, -0.2) is 0 Å². The van der Waals surface area contributed by atoms with E-state index in [-0.39, 0.29) is 12.6 Å². The van der Waals surface area contributed by atoms with Gasteiger partial charge < -0.3 is 5.11 Å². The van der Waals surface area contributed by atoms with Gasteiger partial charge in [0.05, 0.1) is 6.54 Å². The summed E-state index contributed by atoms with van der Waals surface area (Å²) < 4.78 is 0. The molecule has 0 amide bonds. The lowest BCUT2D eigenvalue weighted by molar-refractivity contribution is -0.139. The third-order valence-corrected chi connectivity index (χ3v) is 3.72. The van der Waals surface area contributed by atoms with Gasteiger partial charge in [-0.05, 0) is 44.7 Å². The van der Waals surface area contributed by atoms with E-state index in [1.165, 1.54) is 16.7 Å². The third-order valence-electron chi connectivity index (χ3n) is 3.72. The van der Waals surface area contributed by atoms with Gasteiger partial charge in [0.15, 0.2) is 0 Å². The van der Waals surface area contributed by atoms with Crippen molar-refractivity contribution in [2.75, 3.05) is 6.54 Å². The minimum Gasteiger partial charge on any atom is -0.480 e. The van der Waals surface area contributed by atoms with Crippen molar-refractivity contribution >= 4 is 5.97 Å². The first kappa shape index (κ1) is 13.1. The van der Waals surface area contributed by atoms with E-state index in [1.807, 2.05) is 0 Å². The second-order valence-corrected chi connectivity index (χ2v) is 5.33. The van der Waals surface area contributed by atoms with Gasteiger partial charge in [-0.1, -0.05) is 23.8 Å². The molecule has 2 rings (SSSR count). The Morgan fingerprint density at radius 2 is 2.11 bits per heavy atom. The summed E-state index contributed by atoms with van der Waals surface area (Å²) in [6, 6.07) is 7.03. The van der Waals surface area contributed by atoms with Crippen LogP contribution in [0.25, 0.3) is 0 Å². The van der Waals surface area contributed by atoms with Crippen LogP contribution in [0, 0.1) is 13.8 Å². The molecule has 18 heavy (non-hydrogen) atoms. The average Bonchev–Trinajstić information content (AvgIpc) is 3.12. The number of hydrogen-bond donors (Lipinski definition) is 1. The predicted octanol–water partition coefficient (Wildman–Crippen LogP) is 2.91. The van der Waals surface area contributed by atoms with Crippen molar-refractivity contribution in [2.45, 2.75) is 45.7 Å². The number of carboxylic acid groups (broad SMARTS) is 1. The predicted molar refractivity (Wildman–Crippen MR) is 71.7 cm³/mol. The Kier molecular flexibility index (Phi) is 3.71. The maximum absolute atomic E-state index is 11.0. The number of aryl methyl sites for hydroxylation is 2. The summed E-state index contributed by atoms with van der Waals surface area (Å²) in [4.78, 5) is 13.1. The normalized spacial score (nSPS) is 16.9. The minimum absolute atomic E-state index is 0.138. The zero-order valence-electron chi connectivity index (χ0n) is 11.3. The quantitative estimate of drug-likeness (QED) is 0.869. The summed E-state index contributed by atoms with van der Waals surface area (Å²) in [5, 5.41) is 9.04. The monoisotopic (exact) mass is 247 g/mol. The zero-order valence-corrected chi connectivity index (χ0v) is 11.3. The molecule has 1 N–H and O–H groups in total. The summed E-state index contributed by atoms with van der Waals surface area (Å²) in [5.74, 6) is -0.737. The Hall–Kier alpha value is -1.35. The summed E-state index contributed by atoms with van der Waals surface area (Å²) in [7, 11) is 0. The summed E-state index contributed by atoms with van der Waals surface area (Å²) in [6.45, 7) is 6.42. The molecule has 1 unspecified atom stereocenters. The standard InChI is InChI=1S/C15H21NO2/c1-10-4-5-11(2)14(8-10)12(3)16(9-15(17)18)13-6-7-13/h4-5,8,12-13H,6-7,9H2,1-3H3,(H,17,18). The highest BCUT2D eigenvalue weighted by atomic mass is 16.4. The first-order valence-electron chi connectivity index (χ1n) is 6.53. The number of rotatable bonds is 5. The van der Waals surface area contributed by atoms with Crippen molar-refractivity contribution in [2.24, 2.45) is 0 Å². The fraction of sp³-hybridized carbons (Fsp3) is 0.533. The number of aliphatic carboxylic acids is 1. The van der Waals surface area contributed by atoms with Crippen LogP contribution in [0.2, 0.25) is 0 Å². The molecule has 98 valence electrons. The molecule has 1 atom stereocenters. The third kappa shape index (κ3) is 2.91. The molecule has 1 aromatic carbocycles. The van der Waals surface area contributed by atoms with Gasteiger partial charge >= 0.3 is 5.97 Å². The van der Waals surface area contributed by atoms with Gasteiger partial charge in [0.25, 0.3) is 0 Å². The minimum atomic E-state index is -0.737. The number of hydrogen-bond acceptors (Lipinski definition) is 2. The molecule has 3 heteroatoms. The maximum atomic E-state index is 11.0. The number of benzene rings is 1. The van der Waals surface area contributed by atoms with E-state index in [2.05, 4.69) is 43.9 Å². The first-order valence-corrected chi connectivity index (χ1v) is 6.53. The van der Waals surface area contributed by atoms with Crippen molar-refractivity contribution in [3.63, 3.8) is 0 Å². The molecule has 1 aliphatic rings. The van der Waals surface area contributed by atoms with Gasteiger partial charge in [0.1, 0.15) is 0 Å². The maximum Gasteiger partial charge on any atom is 0.317 e. The van der Waals surface area contributed by atoms with Crippen LogP contribution >= 0.6 is 0 Å². The first-order chi connectivity index (χ1) is 8.49. The second-order valence-electron chi connectivity index (χ2n) is 5.33. The molecule has 0 heterocycles. The van der Waals surface area contributed by atoms with Crippen LogP contribution in [-0.2, 0) is 4.79 Å². The Morgan fingerprint density at radius 1 is 1.44 bits per heavy atom. The van der Waals surface area contributed by atoms with Crippen LogP contribution in [0.3, 0.4) is 0 Å². The molecule has 1 aliphatic carbocycles. The lowest BCUT2D eigenvalue weighted by atomic mass is 9.98. The second kappa shape index (κ2) is 5.11. The molecule has 3 nitrogen and oxygen atoms in total. The number of carbonyl (C=O) groups is 1. The Morgan fingerprint density at radius 3 is 2.67 bits per heavy atom. The molecule has 0 spiro atoms. The Balaban J connectivity index is 2.23. The van der Waals surface area contributed by atoms with E-state index in [4.69, 9.17) is 5.11 Å².